The zero-order chi connectivity index (χ0) is 12.4. The van der Waals surface area contributed by atoms with Gasteiger partial charge in [-0.15, -0.1) is 0 Å². The molecule has 0 spiro atoms. The Kier molecular flexibility index (Phi) is 2.91. The molecule has 5 heteroatoms. The van der Waals surface area contributed by atoms with Crippen LogP contribution in [0.5, 0.6) is 0 Å². The molecular formula is C12H11FN2O2. The van der Waals surface area contributed by atoms with E-state index in [1.54, 1.807) is 0 Å². The lowest BCUT2D eigenvalue weighted by atomic mass is 10.1. The molecule has 2 amide bonds. The van der Waals surface area contributed by atoms with Gasteiger partial charge in [-0.25, -0.2) is 4.39 Å². The van der Waals surface area contributed by atoms with Crippen molar-refractivity contribution in [2.75, 3.05) is 11.4 Å². The Labute approximate surface area is 97.7 Å². The van der Waals surface area contributed by atoms with Gasteiger partial charge in [0.05, 0.1) is 6.54 Å². The largest absolute Gasteiger partial charge is 0.339 e. The Hall–Kier alpha value is -2.17. The van der Waals surface area contributed by atoms with Crippen LogP contribution in [0.3, 0.4) is 0 Å². The van der Waals surface area contributed by atoms with Crippen molar-refractivity contribution >= 4 is 17.5 Å². The summed E-state index contributed by atoms with van der Waals surface area (Å²) in [5, 5.41) is 2.50. The van der Waals surface area contributed by atoms with Gasteiger partial charge in [0.2, 0.25) is 5.91 Å². The van der Waals surface area contributed by atoms with Crippen LogP contribution in [0, 0.1) is 5.82 Å². The Morgan fingerprint density at radius 3 is 2.65 bits per heavy atom. The van der Waals surface area contributed by atoms with E-state index in [0.29, 0.717) is 12.2 Å². The predicted molar refractivity (Wildman–Crippen MR) is 60.9 cm³/mol. The minimum atomic E-state index is -0.509. The molecule has 1 fully saturated rings. The summed E-state index contributed by atoms with van der Waals surface area (Å²) in [7, 11) is 0. The molecule has 0 saturated carbocycles. The second kappa shape index (κ2) is 4.37. The predicted octanol–water partition coefficient (Wildman–Crippen LogP) is 0.843. The van der Waals surface area contributed by atoms with E-state index >= 15 is 0 Å². The molecule has 1 saturated heterocycles. The molecule has 17 heavy (non-hydrogen) atoms. The van der Waals surface area contributed by atoms with Crippen LogP contribution in [0.15, 0.2) is 36.9 Å². The van der Waals surface area contributed by atoms with Crippen LogP contribution in [0.1, 0.15) is 0 Å². The first-order valence-electron chi connectivity index (χ1n) is 5.11. The van der Waals surface area contributed by atoms with Crippen LogP contribution in [0.2, 0.25) is 0 Å². The third-order valence-corrected chi connectivity index (χ3v) is 2.57. The van der Waals surface area contributed by atoms with Gasteiger partial charge >= 0.3 is 0 Å². The molecule has 1 unspecified atom stereocenters. The zero-order valence-electron chi connectivity index (χ0n) is 9.02. The van der Waals surface area contributed by atoms with E-state index in [1.165, 1.54) is 29.2 Å². The molecule has 0 aliphatic carbocycles. The molecule has 1 aliphatic heterocycles. The molecule has 1 aromatic carbocycles. The molecule has 4 nitrogen and oxygen atoms in total. The molecule has 0 aromatic heterocycles. The number of carbonyl (C=O) groups is 2. The number of amides is 2. The van der Waals surface area contributed by atoms with Crippen molar-refractivity contribution in [3.05, 3.63) is 42.7 Å². The van der Waals surface area contributed by atoms with Crippen LogP contribution >= 0.6 is 0 Å². The van der Waals surface area contributed by atoms with Crippen LogP contribution in [-0.2, 0) is 9.59 Å². The Morgan fingerprint density at radius 2 is 2.12 bits per heavy atom. The van der Waals surface area contributed by atoms with Gasteiger partial charge in [0.1, 0.15) is 11.9 Å². The van der Waals surface area contributed by atoms with Crippen molar-refractivity contribution in [1.29, 1.82) is 0 Å². The van der Waals surface area contributed by atoms with E-state index in [2.05, 4.69) is 11.9 Å². The van der Waals surface area contributed by atoms with Crippen LogP contribution < -0.4 is 10.2 Å². The maximum absolute atomic E-state index is 12.7. The Bertz CT molecular complexity index is 470. The van der Waals surface area contributed by atoms with Crippen molar-refractivity contribution in [2.24, 2.45) is 0 Å². The third-order valence-electron chi connectivity index (χ3n) is 2.57. The van der Waals surface area contributed by atoms with Crippen molar-refractivity contribution in [2.45, 2.75) is 6.04 Å². The van der Waals surface area contributed by atoms with Gasteiger partial charge in [0, 0.05) is 5.69 Å². The maximum Gasteiger partial charge on any atom is 0.251 e. The quantitative estimate of drug-likeness (QED) is 0.622. The number of benzene rings is 1. The van der Waals surface area contributed by atoms with Crippen LogP contribution in [-0.4, -0.2) is 24.4 Å². The van der Waals surface area contributed by atoms with Crippen molar-refractivity contribution in [1.82, 2.24) is 5.32 Å². The first kappa shape index (κ1) is 11.3. The maximum atomic E-state index is 12.7. The number of hydrogen-bond donors (Lipinski definition) is 1. The normalized spacial score (nSPS) is 18.5. The number of β-lactam (4-membered cyclic amide) rings is 1. The summed E-state index contributed by atoms with van der Waals surface area (Å²) in [4.78, 5) is 24.2. The smallest absolute Gasteiger partial charge is 0.251 e. The number of hydrogen-bond acceptors (Lipinski definition) is 2. The number of carbonyl (C=O) groups excluding carboxylic acids is 2. The highest BCUT2D eigenvalue weighted by Gasteiger charge is 2.38. The van der Waals surface area contributed by atoms with Gasteiger partial charge in [-0.05, 0) is 30.3 Å². The third kappa shape index (κ3) is 2.18. The van der Waals surface area contributed by atoms with Crippen LogP contribution in [0.25, 0.3) is 0 Å². The number of nitrogens with zero attached hydrogens (tertiary/aromatic N) is 1. The second-order valence-corrected chi connectivity index (χ2v) is 3.69. The molecule has 1 atom stereocenters. The summed E-state index contributed by atoms with van der Waals surface area (Å²) in [5.74, 6) is -0.924. The number of rotatable bonds is 3. The Morgan fingerprint density at radius 1 is 1.47 bits per heavy atom. The highest BCUT2D eigenvalue weighted by Crippen LogP contribution is 2.22. The van der Waals surface area contributed by atoms with Gasteiger partial charge in [0.15, 0.2) is 0 Å². The lowest BCUT2D eigenvalue weighted by molar-refractivity contribution is -0.128. The van der Waals surface area contributed by atoms with Crippen molar-refractivity contribution in [3.63, 3.8) is 0 Å². The lowest BCUT2D eigenvalue weighted by Gasteiger charge is -2.38. The van der Waals surface area contributed by atoms with E-state index in [0.717, 1.165) is 6.08 Å². The number of nitrogens with one attached hydrogen (secondary N) is 1. The van der Waals surface area contributed by atoms with Gasteiger partial charge in [-0.1, -0.05) is 6.58 Å². The number of anilines is 1. The highest BCUT2D eigenvalue weighted by molar-refractivity contribution is 6.06. The van der Waals surface area contributed by atoms with Crippen molar-refractivity contribution < 1.29 is 14.0 Å². The van der Waals surface area contributed by atoms with E-state index < -0.39 is 6.04 Å². The summed E-state index contributed by atoms with van der Waals surface area (Å²) in [5.41, 5.74) is 0.625. The Balaban J connectivity index is 1.99. The molecule has 2 rings (SSSR count). The second-order valence-electron chi connectivity index (χ2n) is 3.69. The van der Waals surface area contributed by atoms with Crippen LogP contribution in [0.4, 0.5) is 10.1 Å². The molecule has 1 N–H and O–H groups in total. The van der Waals surface area contributed by atoms with E-state index in [4.69, 9.17) is 0 Å². The van der Waals surface area contributed by atoms with Crippen molar-refractivity contribution in [3.8, 4) is 0 Å². The minimum Gasteiger partial charge on any atom is -0.339 e. The highest BCUT2D eigenvalue weighted by atomic mass is 19.1. The number of halogens is 1. The standard InChI is InChI=1S/C12H11FN2O2/c1-2-11(16)14-10-7-15(12(10)17)9-5-3-8(13)4-6-9/h2-6,10H,1,7H2,(H,14,16). The monoisotopic (exact) mass is 234 g/mol. The molecule has 0 bridgehead atoms. The van der Waals surface area contributed by atoms with Gasteiger partial charge < -0.3 is 10.2 Å². The molecule has 1 aromatic rings. The lowest BCUT2D eigenvalue weighted by Crippen LogP contribution is -2.64. The fourth-order valence-electron chi connectivity index (χ4n) is 1.62. The van der Waals surface area contributed by atoms with Gasteiger partial charge in [-0.3, -0.25) is 9.59 Å². The molecule has 88 valence electrons. The minimum absolute atomic E-state index is 0.202. The SMILES string of the molecule is C=CC(=O)NC1CN(c2ccc(F)cc2)C1=O. The fraction of sp³-hybridized carbons (Fsp3) is 0.167. The van der Waals surface area contributed by atoms with E-state index in [-0.39, 0.29) is 17.6 Å². The topological polar surface area (TPSA) is 49.4 Å². The van der Waals surface area contributed by atoms with Gasteiger partial charge in [0.25, 0.3) is 5.91 Å². The molecule has 0 radical (unpaired) electrons. The summed E-state index contributed by atoms with van der Waals surface area (Å²) in [6, 6.07) is 5.12. The van der Waals surface area contributed by atoms with Gasteiger partial charge in [-0.2, -0.15) is 0 Å². The molecule has 1 heterocycles. The molecule has 1 aliphatic rings. The van der Waals surface area contributed by atoms with E-state index in [1.807, 2.05) is 0 Å². The summed E-state index contributed by atoms with van der Waals surface area (Å²) >= 11 is 0. The molecular weight excluding hydrogens is 223 g/mol. The zero-order valence-corrected chi connectivity index (χ0v) is 9.02. The summed E-state index contributed by atoms with van der Waals surface area (Å²) in [6.45, 7) is 3.70. The summed E-state index contributed by atoms with van der Waals surface area (Å²) < 4.78 is 12.7. The average Bonchev–Trinajstić information content (AvgIpc) is 2.34. The first-order chi connectivity index (χ1) is 8.11. The summed E-state index contributed by atoms with van der Waals surface area (Å²) in [6.07, 6.45) is 1.12. The first-order valence-corrected chi connectivity index (χ1v) is 5.11. The average molecular weight is 234 g/mol. The fourth-order valence-corrected chi connectivity index (χ4v) is 1.62. The van der Waals surface area contributed by atoms with E-state index in [9.17, 15) is 14.0 Å².